The molecule has 3 rings (SSSR count). The molecule has 25 heavy (non-hydrogen) atoms. The third-order valence-electron chi connectivity index (χ3n) is 4.77. The van der Waals surface area contributed by atoms with Crippen LogP contribution in [0.3, 0.4) is 0 Å². The molecular weight excluding hydrogens is 314 g/mol. The second-order valence-electron chi connectivity index (χ2n) is 6.46. The first-order valence-electron chi connectivity index (χ1n) is 8.74. The van der Waals surface area contributed by atoms with E-state index in [1.807, 2.05) is 62.1 Å². The van der Waals surface area contributed by atoms with Crippen LogP contribution in [0.25, 0.3) is 0 Å². The van der Waals surface area contributed by atoms with Gasteiger partial charge in [0.15, 0.2) is 6.10 Å². The number of carbonyl (C=O) groups excluding carboxylic acids is 1. The number of aryl methyl sites for hydroxylation is 1. The number of hydrogen-bond donors (Lipinski definition) is 0. The molecule has 2 aromatic rings. The molecule has 132 valence electrons. The summed E-state index contributed by atoms with van der Waals surface area (Å²) in [5, 5.41) is 0. The zero-order valence-corrected chi connectivity index (χ0v) is 15.1. The van der Waals surface area contributed by atoms with E-state index < -0.39 is 6.10 Å². The Morgan fingerprint density at radius 1 is 1.08 bits per heavy atom. The molecule has 0 radical (unpaired) electrons. The fourth-order valence-corrected chi connectivity index (χ4v) is 3.05. The van der Waals surface area contributed by atoms with E-state index in [2.05, 4.69) is 9.88 Å². The Balaban J connectivity index is 1.58. The maximum absolute atomic E-state index is 12.7. The first-order chi connectivity index (χ1) is 12.1. The van der Waals surface area contributed by atoms with Crippen molar-refractivity contribution >= 4 is 11.7 Å². The van der Waals surface area contributed by atoms with Crippen molar-refractivity contribution in [3.63, 3.8) is 0 Å². The first kappa shape index (κ1) is 17.3. The van der Waals surface area contributed by atoms with E-state index in [1.54, 1.807) is 6.20 Å². The van der Waals surface area contributed by atoms with Crippen LogP contribution in [0.1, 0.15) is 18.1 Å². The predicted octanol–water partition coefficient (Wildman–Crippen LogP) is 2.81. The van der Waals surface area contributed by atoms with E-state index >= 15 is 0 Å². The fraction of sp³-hybridized carbons (Fsp3) is 0.400. The van der Waals surface area contributed by atoms with Crippen LogP contribution in [0.5, 0.6) is 5.75 Å². The lowest BCUT2D eigenvalue weighted by Crippen LogP contribution is -2.52. The highest BCUT2D eigenvalue weighted by molar-refractivity contribution is 5.81. The van der Waals surface area contributed by atoms with Crippen molar-refractivity contribution in [2.45, 2.75) is 26.9 Å². The minimum Gasteiger partial charge on any atom is -0.481 e. The number of hydrogen-bond acceptors (Lipinski definition) is 4. The highest BCUT2D eigenvalue weighted by Crippen LogP contribution is 2.22. The lowest BCUT2D eigenvalue weighted by Gasteiger charge is -2.36. The number of nitrogens with zero attached hydrogens (tertiary/aromatic N) is 3. The van der Waals surface area contributed by atoms with E-state index in [9.17, 15) is 4.79 Å². The average molecular weight is 339 g/mol. The van der Waals surface area contributed by atoms with Crippen LogP contribution in [0.15, 0.2) is 42.6 Å². The number of amides is 1. The van der Waals surface area contributed by atoms with Crippen molar-refractivity contribution in [2.75, 3.05) is 31.1 Å². The normalized spacial score (nSPS) is 15.8. The molecule has 1 aromatic carbocycles. The van der Waals surface area contributed by atoms with Gasteiger partial charge in [-0.1, -0.05) is 18.2 Å². The fourth-order valence-electron chi connectivity index (χ4n) is 3.05. The Morgan fingerprint density at radius 2 is 1.84 bits per heavy atom. The second kappa shape index (κ2) is 7.55. The van der Waals surface area contributed by atoms with Gasteiger partial charge >= 0.3 is 0 Å². The van der Waals surface area contributed by atoms with Gasteiger partial charge in [-0.2, -0.15) is 0 Å². The van der Waals surface area contributed by atoms with Gasteiger partial charge in [0.05, 0.1) is 0 Å². The Hall–Kier alpha value is -2.56. The molecule has 5 heteroatoms. The molecule has 1 aromatic heterocycles. The zero-order chi connectivity index (χ0) is 17.8. The number of pyridine rings is 1. The third kappa shape index (κ3) is 3.92. The summed E-state index contributed by atoms with van der Waals surface area (Å²) < 4.78 is 5.94. The minimum atomic E-state index is -0.484. The smallest absolute Gasteiger partial charge is 0.263 e. The summed E-state index contributed by atoms with van der Waals surface area (Å²) in [6, 6.07) is 11.8. The molecule has 0 spiro atoms. The predicted molar refractivity (Wildman–Crippen MR) is 99.0 cm³/mol. The summed E-state index contributed by atoms with van der Waals surface area (Å²) in [4.78, 5) is 21.2. The van der Waals surface area contributed by atoms with Crippen LogP contribution >= 0.6 is 0 Å². The third-order valence-corrected chi connectivity index (χ3v) is 4.77. The first-order valence-corrected chi connectivity index (χ1v) is 8.74. The molecular formula is C20H25N3O2. The number of anilines is 1. The summed E-state index contributed by atoms with van der Waals surface area (Å²) in [5.41, 5.74) is 2.25. The number of benzene rings is 1. The van der Waals surface area contributed by atoms with Gasteiger partial charge in [0.1, 0.15) is 11.6 Å². The van der Waals surface area contributed by atoms with Crippen LogP contribution in [-0.2, 0) is 4.79 Å². The zero-order valence-electron chi connectivity index (χ0n) is 15.1. The van der Waals surface area contributed by atoms with Crippen LogP contribution in [0.4, 0.5) is 5.82 Å². The maximum atomic E-state index is 12.7. The Labute approximate surface area is 149 Å². The SMILES string of the molecule is Cc1cccc(OC(C)C(=O)N2CCN(c3ccccn3)CC2)c1C. The molecule has 1 aliphatic rings. The Bertz CT molecular complexity index is 725. The van der Waals surface area contributed by atoms with Gasteiger partial charge < -0.3 is 14.5 Å². The number of ether oxygens (including phenoxy) is 1. The molecule has 0 saturated carbocycles. The Morgan fingerprint density at radius 3 is 2.52 bits per heavy atom. The highest BCUT2D eigenvalue weighted by atomic mass is 16.5. The molecule has 0 N–H and O–H groups in total. The molecule has 5 nitrogen and oxygen atoms in total. The standard InChI is InChI=1S/C20H25N3O2/c1-15-7-6-8-18(16(15)2)25-17(3)20(24)23-13-11-22(12-14-23)19-9-4-5-10-21-19/h4-10,17H,11-14H2,1-3H3. The molecule has 1 fully saturated rings. The summed E-state index contributed by atoms with van der Waals surface area (Å²) in [7, 11) is 0. The largest absolute Gasteiger partial charge is 0.481 e. The van der Waals surface area contributed by atoms with Gasteiger partial charge in [-0.05, 0) is 50.1 Å². The van der Waals surface area contributed by atoms with Gasteiger partial charge in [-0.25, -0.2) is 4.98 Å². The van der Waals surface area contributed by atoms with Gasteiger partial charge in [-0.15, -0.1) is 0 Å². The summed E-state index contributed by atoms with van der Waals surface area (Å²) in [6.07, 6.45) is 1.31. The molecule has 0 bridgehead atoms. The number of aromatic nitrogens is 1. The van der Waals surface area contributed by atoms with Crippen LogP contribution in [0, 0.1) is 13.8 Å². The van der Waals surface area contributed by atoms with E-state index in [1.165, 1.54) is 5.56 Å². The number of carbonyl (C=O) groups is 1. The van der Waals surface area contributed by atoms with Gasteiger partial charge in [0.2, 0.25) is 0 Å². The average Bonchev–Trinajstić information content (AvgIpc) is 2.65. The number of rotatable bonds is 4. The van der Waals surface area contributed by atoms with Crippen LogP contribution in [0.2, 0.25) is 0 Å². The van der Waals surface area contributed by atoms with Crippen molar-refractivity contribution < 1.29 is 9.53 Å². The summed E-state index contributed by atoms with van der Waals surface area (Å²) in [5.74, 6) is 1.80. The molecule has 0 aliphatic carbocycles. The molecule has 1 amide bonds. The van der Waals surface area contributed by atoms with Crippen molar-refractivity contribution in [1.82, 2.24) is 9.88 Å². The van der Waals surface area contributed by atoms with Crippen molar-refractivity contribution in [2.24, 2.45) is 0 Å². The van der Waals surface area contributed by atoms with E-state index in [4.69, 9.17) is 4.74 Å². The second-order valence-corrected chi connectivity index (χ2v) is 6.46. The van der Waals surface area contributed by atoms with Gasteiger partial charge in [0.25, 0.3) is 5.91 Å². The summed E-state index contributed by atoms with van der Waals surface area (Å²) in [6.45, 7) is 8.86. The maximum Gasteiger partial charge on any atom is 0.263 e. The van der Waals surface area contributed by atoms with E-state index in [0.717, 1.165) is 30.2 Å². The minimum absolute atomic E-state index is 0.0431. The van der Waals surface area contributed by atoms with Gasteiger partial charge in [-0.3, -0.25) is 4.79 Å². The van der Waals surface area contributed by atoms with Crippen molar-refractivity contribution in [1.29, 1.82) is 0 Å². The Kier molecular flexibility index (Phi) is 5.22. The summed E-state index contributed by atoms with van der Waals surface area (Å²) >= 11 is 0. The number of piperazine rings is 1. The monoisotopic (exact) mass is 339 g/mol. The van der Waals surface area contributed by atoms with E-state index in [0.29, 0.717) is 13.1 Å². The lowest BCUT2D eigenvalue weighted by molar-refractivity contribution is -0.138. The quantitative estimate of drug-likeness (QED) is 0.859. The van der Waals surface area contributed by atoms with Gasteiger partial charge in [0, 0.05) is 32.4 Å². The molecule has 1 saturated heterocycles. The molecule has 1 atom stereocenters. The van der Waals surface area contributed by atoms with Crippen LogP contribution < -0.4 is 9.64 Å². The van der Waals surface area contributed by atoms with Crippen LogP contribution in [-0.4, -0.2) is 48.1 Å². The topological polar surface area (TPSA) is 45.7 Å². The lowest BCUT2D eigenvalue weighted by atomic mass is 10.1. The molecule has 2 heterocycles. The highest BCUT2D eigenvalue weighted by Gasteiger charge is 2.26. The van der Waals surface area contributed by atoms with E-state index in [-0.39, 0.29) is 5.91 Å². The molecule has 1 aliphatic heterocycles. The molecule has 1 unspecified atom stereocenters. The van der Waals surface area contributed by atoms with Crippen molar-refractivity contribution in [3.05, 3.63) is 53.7 Å². The van der Waals surface area contributed by atoms with Crippen molar-refractivity contribution in [3.8, 4) is 5.75 Å².